The number of carbonyl (C=O) groups excluding carboxylic acids is 2. The topological polar surface area (TPSA) is 79.3 Å². The number of allylic oxidation sites excluding steroid dienone is 1. The lowest BCUT2D eigenvalue weighted by atomic mass is 9.72. The first-order valence-electron chi connectivity index (χ1n) is 14.9. The maximum atomic E-state index is 13.6. The molecule has 4 rings (SSSR count). The number of amides is 2. The number of halogens is 3. The minimum Gasteiger partial charge on any atom is -0.496 e. The van der Waals surface area contributed by atoms with Gasteiger partial charge < -0.3 is 19.5 Å². The van der Waals surface area contributed by atoms with Crippen LogP contribution >= 0.6 is 0 Å². The Kier molecular flexibility index (Phi) is 9.18. The summed E-state index contributed by atoms with van der Waals surface area (Å²) in [5, 5.41) is 10.5. The van der Waals surface area contributed by atoms with Crippen molar-refractivity contribution in [1.29, 1.82) is 0 Å². The predicted molar refractivity (Wildman–Crippen MR) is 163 cm³/mol. The minimum absolute atomic E-state index is 0.0551. The maximum absolute atomic E-state index is 13.6. The molecule has 2 amide bonds. The number of hydrogen-bond acceptors (Lipinski definition) is 5. The second-order valence-corrected chi connectivity index (χ2v) is 13.5. The van der Waals surface area contributed by atoms with Crippen LogP contribution in [-0.4, -0.2) is 53.8 Å². The molecular formula is C34H43F3N2O5. The molecule has 1 aliphatic carbocycles. The summed E-state index contributed by atoms with van der Waals surface area (Å²) in [6.45, 7) is 12.8. The quantitative estimate of drug-likeness (QED) is 0.329. The average molecular weight is 617 g/mol. The molecule has 0 radical (unpaired) electrons. The smallest absolute Gasteiger partial charge is 0.416 e. The Morgan fingerprint density at radius 2 is 1.86 bits per heavy atom. The van der Waals surface area contributed by atoms with Gasteiger partial charge in [0.25, 0.3) is 0 Å². The number of nitrogens with zero attached hydrogens (tertiary/aromatic N) is 2. The number of alkyl halides is 3. The van der Waals surface area contributed by atoms with Crippen molar-refractivity contribution in [2.24, 2.45) is 5.41 Å². The summed E-state index contributed by atoms with van der Waals surface area (Å²) < 4.78 is 52.2. The van der Waals surface area contributed by atoms with Crippen molar-refractivity contribution in [1.82, 2.24) is 4.90 Å². The Morgan fingerprint density at radius 3 is 2.45 bits per heavy atom. The van der Waals surface area contributed by atoms with Crippen LogP contribution in [0.5, 0.6) is 5.75 Å². The molecule has 1 fully saturated rings. The van der Waals surface area contributed by atoms with Gasteiger partial charge in [0.2, 0.25) is 5.91 Å². The van der Waals surface area contributed by atoms with Crippen LogP contribution in [0.2, 0.25) is 0 Å². The average Bonchev–Trinajstić information content (AvgIpc) is 3.18. The number of ether oxygens (including phenoxy) is 2. The number of carbonyl (C=O) groups is 2. The van der Waals surface area contributed by atoms with Gasteiger partial charge in [0, 0.05) is 24.7 Å². The Balaban J connectivity index is 1.75. The van der Waals surface area contributed by atoms with E-state index >= 15 is 0 Å². The molecule has 2 atom stereocenters. The molecule has 2 aliphatic rings. The first-order chi connectivity index (χ1) is 20.3. The fraction of sp³-hybridized carbons (Fsp3) is 0.529. The number of hydrogen-bond donors (Lipinski definition) is 1. The third kappa shape index (κ3) is 7.39. The van der Waals surface area contributed by atoms with Crippen LogP contribution in [0.15, 0.2) is 42.0 Å². The van der Waals surface area contributed by atoms with Gasteiger partial charge in [-0.2, -0.15) is 13.2 Å². The van der Waals surface area contributed by atoms with Crippen LogP contribution in [0, 0.1) is 12.3 Å². The number of methoxy groups -OCH3 is 1. The van der Waals surface area contributed by atoms with E-state index in [2.05, 4.69) is 13.8 Å². The number of benzene rings is 2. The molecule has 10 heteroatoms. The van der Waals surface area contributed by atoms with Gasteiger partial charge in [0.1, 0.15) is 11.9 Å². The Hall–Kier alpha value is -3.53. The first-order valence-corrected chi connectivity index (χ1v) is 14.9. The summed E-state index contributed by atoms with van der Waals surface area (Å²) in [5.41, 5.74) is 2.20. The molecule has 2 aromatic rings. The lowest BCUT2D eigenvalue weighted by Crippen LogP contribution is -2.41. The van der Waals surface area contributed by atoms with Crippen LogP contribution < -0.4 is 9.64 Å². The van der Waals surface area contributed by atoms with E-state index in [0.717, 1.165) is 35.3 Å². The van der Waals surface area contributed by atoms with Crippen molar-refractivity contribution in [3.05, 3.63) is 64.2 Å². The third-order valence-electron chi connectivity index (χ3n) is 8.42. The standard InChI is InChI=1S/C34H43F3N2O5/c1-20-13-23(15-25(14-20)34(35,36)37)30-21(2)38(31(41)44-30)18-24-17-32(4,5)12-11-27(24)28-16-26(9-10-29(28)43-8)39(22(3)40)19-33(6,7)42/h9-10,13-16,21,30,42H,11-12,17-19H2,1-8H3/t21-,30-/m0/s1. The SMILES string of the molecule is COc1ccc(N(CC(C)(C)O)C(C)=O)cc1C1=C(CN2C(=O)O[C@H](c3cc(C)cc(C(F)(F)F)c3)[C@@H]2C)CC(C)(C)CC1. The maximum Gasteiger partial charge on any atom is 0.416 e. The van der Waals surface area contributed by atoms with Gasteiger partial charge in [0.15, 0.2) is 0 Å². The van der Waals surface area contributed by atoms with Gasteiger partial charge in [-0.15, -0.1) is 0 Å². The van der Waals surface area contributed by atoms with Crippen molar-refractivity contribution in [3.63, 3.8) is 0 Å². The fourth-order valence-corrected chi connectivity index (χ4v) is 6.27. The van der Waals surface area contributed by atoms with Gasteiger partial charge in [-0.3, -0.25) is 9.69 Å². The lowest BCUT2D eigenvalue weighted by Gasteiger charge is -2.36. The Morgan fingerprint density at radius 1 is 1.18 bits per heavy atom. The van der Waals surface area contributed by atoms with Crippen molar-refractivity contribution >= 4 is 23.3 Å². The van der Waals surface area contributed by atoms with E-state index < -0.39 is 35.6 Å². The van der Waals surface area contributed by atoms with E-state index in [-0.39, 0.29) is 24.4 Å². The first kappa shape index (κ1) is 33.4. The molecule has 0 bridgehead atoms. The molecule has 2 aromatic carbocycles. The lowest BCUT2D eigenvalue weighted by molar-refractivity contribution is -0.137. The van der Waals surface area contributed by atoms with Gasteiger partial charge in [-0.25, -0.2) is 4.79 Å². The summed E-state index contributed by atoms with van der Waals surface area (Å²) >= 11 is 0. The number of aliphatic hydroxyl groups is 1. The van der Waals surface area contributed by atoms with E-state index in [1.165, 1.54) is 11.8 Å². The van der Waals surface area contributed by atoms with E-state index in [0.29, 0.717) is 35.4 Å². The number of rotatable bonds is 8. The second kappa shape index (κ2) is 12.1. The van der Waals surface area contributed by atoms with E-state index in [1.807, 2.05) is 6.07 Å². The zero-order valence-electron chi connectivity index (χ0n) is 26.8. The Labute approximate surface area is 257 Å². The van der Waals surface area contributed by atoms with Crippen LogP contribution in [0.4, 0.5) is 23.7 Å². The summed E-state index contributed by atoms with van der Waals surface area (Å²) in [4.78, 5) is 29.0. The van der Waals surface area contributed by atoms with Gasteiger partial charge in [0.05, 0.1) is 30.9 Å². The molecule has 44 heavy (non-hydrogen) atoms. The summed E-state index contributed by atoms with van der Waals surface area (Å²) in [6, 6.07) is 8.73. The zero-order chi connectivity index (χ0) is 32.8. The van der Waals surface area contributed by atoms with Gasteiger partial charge >= 0.3 is 12.3 Å². The molecule has 0 saturated carbocycles. The summed E-state index contributed by atoms with van der Waals surface area (Å²) in [7, 11) is 1.58. The predicted octanol–water partition coefficient (Wildman–Crippen LogP) is 7.69. The Bertz CT molecular complexity index is 1460. The highest BCUT2D eigenvalue weighted by Gasteiger charge is 2.42. The monoisotopic (exact) mass is 616 g/mol. The van der Waals surface area contributed by atoms with E-state index in [9.17, 15) is 27.9 Å². The molecule has 0 spiro atoms. The molecular weight excluding hydrogens is 573 g/mol. The molecule has 240 valence electrons. The second-order valence-electron chi connectivity index (χ2n) is 13.5. The van der Waals surface area contributed by atoms with Gasteiger partial charge in [-0.05, 0) is 99.4 Å². The van der Waals surface area contributed by atoms with Crippen molar-refractivity contribution in [3.8, 4) is 5.75 Å². The highest BCUT2D eigenvalue weighted by molar-refractivity contribution is 5.93. The highest BCUT2D eigenvalue weighted by Crippen LogP contribution is 2.47. The van der Waals surface area contributed by atoms with Crippen molar-refractivity contribution in [2.45, 2.75) is 91.7 Å². The number of aryl methyl sites for hydroxylation is 1. The van der Waals surface area contributed by atoms with Crippen LogP contribution in [-0.2, 0) is 15.7 Å². The molecule has 0 aromatic heterocycles. The third-order valence-corrected chi connectivity index (χ3v) is 8.42. The molecule has 1 saturated heterocycles. The van der Waals surface area contributed by atoms with Crippen LogP contribution in [0.3, 0.4) is 0 Å². The van der Waals surface area contributed by atoms with E-state index in [1.54, 1.807) is 57.9 Å². The van der Waals surface area contributed by atoms with Crippen molar-refractivity contribution in [2.75, 3.05) is 25.1 Å². The highest BCUT2D eigenvalue weighted by atomic mass is 19.4. The van der Waals surface area contributed by atoms with Crippen LogP contribution in [0.1, 0.15) is 89.2 Å². The zero-order valence-corrected chi connectivity index (χ0v) is 26.8. The summed E-state index contributed by atoms with van der Waals surface area (Å²) in [5.74, 6) is 0.397. The van der Waals surface area contributed by atoms with Crippen molar-refractivity contribution < 1.29 is 37.3 Å². The minimum atomic E-state index is -4.52. The molecule has 1 aliphatic heterocycles. The number of cyclic esters (lactones) is 1. The largest absolute Gasteiger partial charge is 0.496 e. The fourth-order valence-electron chi connectivity index (χ4n) is 6.27. The van der Waals surface area contributed by atoms with Crippen LogP contribution in [0.25, 0.3) is 5.57 Å². The van der Waals surface area contributed by atoms with E-state index in [4.69, 9.17) is 9.47 Å². The molecule has 1 N–H and O–H groups in total. The molecule has 1 heterocycles. The van der Waals surface area contributed by atoms with Gasteiger partial charge in [-0.1, -0.05) is 25.5 Å². The molecule has 0 unspecified atom stereocenters. The molecule has 7 nitrogen and oxygen atoms in total. The number of anilines is 1. The summed E-state index contributed by atoms with van der Waals surface area (Å²) in [6.07, 6.45) is -3.70. The normalized spacial score (nSPS) is 20.5.